The first-order chi connectivity index (χ1) is 13.5. The molecule has 0 atom stereocenters. The van der Waals surface area contributed by atoms with Crippen LogP contribution in [0.5, 0.6) is 5.75 Å². The fourth-order valence-electron chi connectivity index (χ4n) is 3.20. The summed E-state index contributed by atoms with van der Waals surface area (Å²) in [7, 11) is 0. The monoisotopic (exact) mass is 390 g/mol. The lowest BCUT2D eigenvalue weighted by atomic mass is 10.0. The normalized spacial score (nSPS) is 10.9. The van der Waals surface area contributed by atoms with Gasteiger partial charge in [0.1, 0.15) is 11.3 Å². The predicted octanol–water partition coefficient (Wildman–Crippen LogP) is 4.12. The van der Waals surface area contributed by atoms with Crippen LogP contribution in [0.3, 0.4) is 0 Å². The van der Waals surface area contributed by atoms with Crippen molar-refractivity contribution < 1.29 is 9.90 Å². The highest BCUT2D eigenvalue weighted by molar-refractivity contribution is 6.32. The lowest BCUT2D eigenvalue weighted by Gasteiger charge is -2.15. The van der Waals surface area contributed by atoms with Crippen LogP contribution in [0.4, 0.5) is 0 Å². The van der Waals surface area contributed by atoms with Crippen molar-refractivity contribution >= 4 is 28.4 Å². The number of benzene rings is 3. The zero-order valence-corrected chi connectivity index (χ0v) is 15.4. The summed E-state index contributed by atoms with van der Waals surface area (Å²) in [6, 6.07) is 19.6. The van der Waals surface area contributed by atoms with E-state index in [-0.39, 0.29) is 16.3 Å². The van der Waals surface area contributed by atoms with E-state index < -0.39 is 11.3 Å². The number of amides is 1. The summed E-state index contributed by atoms with van der Waals surface area (Å²) in [5.41, 5.74) is 7.81. The number of hydrogen-bond donors (Lipinski definition) is 2. The summed E-state index contributed by atoms with van der Waals surface area (Å²) >= 11 is 6.32. The number of phenols is 1. The van der Waals surface area contributed by atoms with Gasteiger partial charge >= 0.3 is 0 Å². The number of fused-ring (bicyclic) bond motifs is 1. The number of pyridine rings is 1. The number of carbonyl (C=O) groups is 1. The molecular weight excluding hydrogens is 376 g/mol. The quantitative estimate of drug-likeness (QED) is 0.552. The van der Waals surface area contributed by atoms with Crippen molar-refractivity contribution in [3.05, 3.63) is 93.7 Å². The van der Waals surface area contributed by atoms with Crippen LogP contribution >= 0.6 is 11.6 Å². The second-order valence-electron chi connectivity index (χ2n) is 6.34. The summed E-state index contributed by atoms with van der Waals surface area (Å²) in [5, 5.41) is 10.3. The Bertz CT molecular complexity index is 1280. The van der Waals surface area contributed by atoms with Gasteiger partial charge in [-0.1, -0.05) is 48.0 Å². The average Bonchev–Trinajstić information content (AvgIpc) is 2.69. The maximum Gasteiger partial charge on any atom is 0.254 e. The molecule has 4 rings (SSSR count). The van der Waals surface area contributed by atoms with E-state index in [1.807, 2.05) is 42.5 Å². The number of nitrogens with zero attached hydrogens (tertiary/aromatic N) is 1. The SMILES string of the molecule is NC(=O)c1cn(-c2ccc(O)cc2Cl)c2cc(-c3ccccc3)ccc2c1=O. The van der Waals surface area contributed by atoms with Gasteiger partial charge in [-0.25, -0.2) is 0 Å². The second kappa shape index (κ2) is 6.87. The minimum atomic E-state index is -0.817. The first-order valence-corrected chi connectivity index (χ1v) is 8.87. The Hall–Kier alpha value is -3.57. The average molecular weight is 391 g/mol. The number of phenolic OH excluding ortho intramolecular Hbond substituents is 1. The van der Waals surface area contributed by atoms with Crippen LogP contribution in [-0.2, 0) is 0 Å². The van der Waals surface area contributed by atoms with Crippen molar-refractivity contribution in [1.29, 1.82) is 0 Å². The molecule has 0 fully saturated rings. The standard InChI is InChI=1S/C22H15ClN2O3/c23-18-11-15(26)7-9-19(18)25-12-17(22(24)28)21(27)16-8-6-14(10-20(16)25)13-4-2-1-3-5-13/h1-12,26H,(H2,24,28). The molecule has 0 spiro atoms. The Kier molecular flexibility index (Phi) is 4.37. The van der Waals surface area contributed by atoms with Crippen molar-refractivity contribution in [1.82, 2.24) is 4.57 Å². The molecule has 0 aliphatic rings. The predicted molar refractivity (Wildman–Crippen MR) is 110 cm³/mol. The van der Waals surface area contributed by atoms with E-state index in [0.717, 1.165) is 11.1 Å². The summed E-state index contributed by atoms with van der Waals surface area (Å²) in [5.74, 6) is -0.804. The van der Waals surface area contributed by atoms with Crippen molar-refractivity contribution in [3.8, 4) is 22.6 Å². The van der Waals surface area contributed by atoms with Gasteiger partial charge in [-0.3, -0.25) is 9.59 Å². The number of aromatic nitrogens is 1. The van der Waals surface area contributed by atoms with Gasteiger partial charge in [0.2, 0.25) is 5.43 Å². The van der Waals surface area contributed by atoms with Crippen LogP contribution in [0.2, 0.25) is 5.02 Å². The lowest BCUT2D eigenvalue weighted by Crippen LogP contribution is -2.24. The van der Waals surface area contributed by atoms with Gasteiger partial charge in [0, 0.05) is 17.6 Å². The van der Waals surface area contributed by atoms with Crippen LogP contribution in [0.25, 0.3) is 27.7 Å². The van der Waals surface area contributed by atoms with E-state index in [1.165, 1.54) is 18.3 Å². The van der Waals surface area contributed by atoms with Gasteiger partial charge in [0.25, 0.3) is 5.91 Å². The lowest BCUT2D eigenvalue weighted by molar-refractivity contribution is 0.0999. The zero-order chi connectivity index (χ0) is 19.8. The maximum absolute atomic E-state index is 12.8. The molecule has 0 aliphatic carbocycles. The molecule has 1 aromatic heterocycles. The van der Waals surface area contributed by atoms with Crippen LogP contribution in [-0.4, -0.2) is 15.6 Å². The number of rotatable bonds is 3. The molecule has 3 N–H and O–H groups in total. The summed E-state index contributed by atoms with van der Waals surface area (Å²) in [4.78, 5) is 24.6. The van der Waals surface area contributed by atoms with Crippen molar-refractivity contribution in [2.45, 2.75) is 0 Å². The van der Waals surface area contributed by atoms with E-state index >= 15 is 0 Å². The van der Waals surface area contributed by atoms with Gasteiger partial charge in [-0.05, 0) is 35.4 Å². The molecule has 1 heterocycles. The van der Waals surface area contributed by atoms with Gasteiger partial charge in [0.05, 0.1) is 16.2 Å². The second-order valence-corrected chi connectivity index (χ2v) is 6.75. The first kappa shape index (κ1) is 17.8. The Morgan fingerprint density at radius 3 is 2.39 bits per heavy atom. The number of halogens is 1. The molecule has 0 bridgehead atoms. The Morgan fingerprint density at radius 2 is 1.71 bits per heavy atom. The third kappa shape index (κ3) is 3.02. The minimum Gasteiger partial charge on any atom is -0.508 e. The fraction of sp³-hybridized carbons (Fsp3) is 0. The van der Waals surface area contributed by atoms with E-state index in [1.54, 1.807) is 16.7 Å². The summed E-state index contributed by atoms with van der Waals surface area (Å²) < 4.78 is 1.64. The number of carbonyl (C=O) groups excluding carboxylic acids is 1. The van der Waals surface area contributed by atoms with E-state index in [0.29, 0.717) is 16.6 Å². The minimum absolute atomic E-state index is 0.0131. The van der Waals surface area contributed by atoms with Crippen LogP contribution < -0.4 is 11.2 Å². The maximum atomic E-state index is 12.8. The fourth-order valence-corrected chi connectivity index (χ4v) is 3.47. The van der Waals surface area contributed by atoms with E-state index in [9.17, 15) is 14.7 Å². The molecule has 0 saturated heterocycles. The number of primary amides is 1. The Balaban J connectivity index is 2.09. The Labute approximate surface area is 165 Å². The molecule has 0 unspecified atom stereocenters. The van der Waals surface area contributed by atoms with Crippen LogP contribution in [0.1, 0.15) is 10.4 Å². The highest BCUT2D eigenvalue weighted by Gasteiger charge is 2.16. The largest absolute Gasteiger partial charge is 0.508 e. The van der Waals surface area contributed by atoms with Crippen molar-refractivity contribution in [2.24, 2.45) is 5.73 Å². The van der Waals surface area contributed by atoms with Gasteiger partial charge in [0.15, 0.2) is 0 Å². The van der Waals surface area contributed by atoms with Crippen LogP contribution in [0, 0.1) is 0 Å². The highest BCUT2D eigenvalue weighted by Crippen LogP contribution is 2.29. The van der Waals surface area contributed by atoms with Gasteiger partial charge in [-0.2, -0.15) is 0 Å². The number of hydrogen-bond acceptors (Lipinski definition) is 3. The van der Waals surface area contributed by atoms with E-state index in [4.69, 9.17) is 17.3 Å². The topological polar surface area (TPSA) is 85.3 Å². The summed E-state index contributed by atoms with van der Waals surface area (Å²) in [6.07, 6.45) is 1.39. The molecule has 138 valence electrons. The third-order valence-corrected chi connectivity index (χ3v) is 4.87. The van der Waals surface area contributed by atoms with Crippen molar-refractivity contribution in [3.63, 3.8) is 0 Å². The van der Waals surface area contributed by atoms with Crippen molar-refractivity contribution in [2.75, 3.05) is 0 Å². The molecule has 0 saturated carbocycles. The smallest absolute Gasteiger partial charge is 0.254 e. The molecule has 1 amide bonds. The zero-order valence-electron chi connectivity index (χ0n) is 14.6. The molecule has 28 heavy (non-hydrogen) atoms. The number of aromatic hydroxyl groups is 1. The molecule has 5 nitrogen and oxygen atoms in total. The molecular formula is C22H15ClN2O3. The summed E-state index contributed by atoms with van der Waals surface area (Å²) in [6.45, 7) is 0. The van der Waals surface area contributed by atoms with Gasteiger partial charge < -0.3 is 15.4 Å². The first-order valence-electron chi connectivity index (χ1n) is 8.49. The van der Waals surface area contributed by atoms with Crippen LogP contribution in [0.15, 0.2) is 77.7 Å². The molecule has 3 aromatic carbocycles. The Morgan fingerprint density at radius 1 is 0.964 bits per heavy atom. The molecule has 0 radical (unpaired) electrons. The highest BCUT2D eigenvalue weighted by atomic mass is 35.5. The molecule has 0 aliphatic heterocycles. The number of nitrogens with two attached hydrogens (primary N) is 1. The molecule has 4 aromatic rings. The van der Waals surface area contributed by atoms with E-state index in [2.05, 4.69) is 0 Å². The molecule has 6 heteroatoms. The van der Waals surface area contributed by atoms with Gasteiger partial charge in [-0.15, -0.1) is 0 Å². The third-order valence-electron chi connectivity index (χ3n) is 4.57.